The normalized spacial score (nSPS) is 14.2. The molecule has 1 aliphatic rings. The van der Waals surface area contributed by atoms with Crippen LogP contribution < -0.4 is 4.90 Å². The number of carbonyl (C=O) groups is 3. The van der Waals surface area contributed by atoms with Crippen molar-refractivity contribution in [1.29, 1.82) is 0 Å². The van der Waals surface area contributed by atoms with E-state index in [-0.39, 0.29) is 18.1 Å². The van der Waals surface area contributed by atoms with E-state index in [1.54, 1.807) is 96.9 Å². The number of aromatic nitrogens is 4. The van der Waals surface area contributed by atoms with Gasteiger partial charge in [-0.15, -0.1) is 0 Å². The molecule has 0 aromatic carbocycles. The van der Waals surface area contributed by atoms with Gasteiger partial charge >= 0.3 is 12.1 Å². The van der Waals surface area contributed by atoms with E-state index in [9.17, 15) is 14.4 Å². The van der Waals surface area contributed by atoms with Crippen LogP contribution >= 0.6 is 0 Å². The lowest BCUT2D eigenvalue weighted by molar-refractivity contribution is -0.159. The van der Waals surface area contributed by atoms with Crippen LogP contribution in [0.4, 0.5) is 16.4 Å². The number of hydrogen-bond donors (Lipinski definition) is 0. The van der Waals surface area contributed by atoms with Crippen molar-refractivity contribution in [3.05, 3.63) is 54.0 Å². The van der Waals surface area contributed by atoms with Crippen LogP contribution in [0.3, 0.4) is 0 Å². The molecule has 3 aromatic rings. The molecule has 4 rings (SSSR count). The van der Waals surface area contributed by atoms with Gasteiger partial charge in [-0.05, 0) is 66.7 Å². The minimum atomic E-state index is -0.761. The number of fused-ring (bicyclic) bond motifs is 1. The van der Waals surface area contributed by atoms with E-state index in [4.69, 9.17) is 9.47 Å². The van der Waals surface area contributed by atoms with Gasteiger partial charge in [-0.25, -0.2) is 24.5 Å². The Morgan fingerprint density at radius 3 is 2.31 bits per heavy atom. The molecule has 3 aromatic heterocycles. The maximum Gasteiger partial charge on any atom is 0.421 e. The van der Waals surface area contributed by atoms with Gasteiger partial charge in [0.2, 0.25) is 0 Å². The van der Waals surface area contributed by atoms with E-state index < -0.39 is 29.3 Å². The molecule has 39 heavy (non-hydrogen) atoms. The lowest BCUT2D eigenvalue weighted by Crippen LogP contribution is -2.42. The Balaban J connectivity index is 1.65. The molecule has 0 N–H and O–H groups in total. The largest absolute Gasteiger partial charge is 0.458 e. The van der Waals surface area contributed by atoms with Crippen molar-refractivity contribution in [3.63, 3.8) is 0 Å². The molecule has 1 atom stereocenters. The molecule has 1 aliphatic heterocycles. The lowest BCUT2D eigenvalue weighted by atomic mass is 10.1. The zero-order valence-electron chi connectivity index (χ0n) is 23.6. The third-order valence-corrected chi connectivity index (χ3v) is 5.87. The Kier molecular flexibility index (Phi) is 7.20. The fourth-order valence-corrected chi connectivity index (χ4v) is 4.08. The summed E-state index contributed by atoms with van der Waals surface area (Å²) in [4.78, 5) is 50.9. The van der Waals surface area contributed by atoms with Crippen molar-refractivity contribution in [2.75, 3.05) is 4.90 Å². The van der Waals surface area contributed by atoms with E-state index in [0.29, 0.717) is 22.9 Å². The highest BCUT2D eigenvalue weighted by molar-refractivity contribution is 5.99. The maximum atomic E-state index is 13.2. The zero-order valence-corrected chi connectivity index (χ0v) is 23.6. The van der Waals surface area contributed by atoms with E-state index in [0.717, 1.165) is 5.56 Å². The second-order valence-electron chi connectivity index (χ2n) is 11.4. The summed E-state index contributed by atoms with van der Waals surface area (Å²) in [7, 11) is 1.72. The Hall–Kier alpha value is -4.28. The third kappa shape index (κ3) is 6.08. The number of ether oxygens (including phenoxy) is 2. The number of pyridine rings is 2. The first kappa shape index (κ1) is 27.7. The third-order valence-electron chi connectivity index (χ3n) is 5.87. The van der Waals surface area contributed by atoms with Crippen LogP contribution in [0.5, 0.6) is 0 Å². The van der Waals surface area contributed by atoms with Crippen LogP contribution in [0, 0.1) is 0 Å². The summed E-state index contributed by atoms with van der Waals surface area (Å²) in [5.41, 5.74) is 0.774. The molecule has 0 saturated heterocycles. The Labute approximate surface area is 227 Å². The average molecular weight is 535 g/mol. The summed E-state index contributed by atoms with van der Waals surface area (Å²) in [6.45, 7) is 12.6. The zero-order chi connectivity index (χ0) is 28.7. The molecule has 0 spiro atoms. The van der Waals surface area contributed by atoms with E-state index in [1.807, 2.05) is 6.07 Å². The molecule has 0 bridgehead atoms. The van der Waals surface area contributed by atoms with E-state index in [2.05, 4.69) is 15.1 Å². The monoisotopic (exact) mass is 534 g/mol. The van der Waals surface area contributed by atoms with Gasteiger partial charge in [0.25, 0.3) is 5.91 Å². The highest BCUT2D eigenvalue weighted by Gasteiger charge is 2.37. The molecular weight excluding hydrogens is 500 g/mol. The van der Waals surface area contributed by atoms with Crippen molar-refractivity contribution in [2.24, 2.45) is 7.05 Å². The van der Waals surface area contributed by atoms with Gasteiger partial charge in [-0.1, -0.05) is 6.07 Å². The summed E-state index contributed by atoms with van der Waals surface area (Å²) >= 11 is 0. The quantitative estimate of drug-likeness (QED) is 0.435. The van der Waals surface area contributed by atoms with Crippen molar-refractivity contribution in [2.45, 2.75) is 72.3 Å². The molecule has 0 radical (unpaired) electrons. The summed E-state index contributed by atoms with van der Waals surface area (Å²) in [5.74, 6) is -0.0401. The number of anilines is 2. The van der Waals surface area contributed by atoms with Crippen LogP contribution in [-0.4, -0.2) is 59.9 Å². The topological polar surface area (TPSA) is 120 Å². The van der Waals surface area contributed by atoms with Crippen LogP contribution in [0.2, 0.25) is 0 Å². The highest BCUT2D eigenvalue weighted by atomic mass is 16.6. The predicted octanol–water partition coefficient (Wildman–Crippen LogP) is 4.64. The predicted molar refractivity (Wildman–Crippen MR) is 144 cm³/mol. The van der Waals surface area contributed by atoms with Crippen molar-refractivity contribution in [3.8, 4) is 11.3 Å². The van der Waals surface area contributed by atoms with Gasteiger partial charge in [0.15, 0.2) is 0 Å². The van der Waals surface area contributed by atoms with Crippen LogP contribution in [0.25, 0.3) is 11.3 Å². The van der Waals surface area contributed by atoms with E-state index >= 15 is 0 Å². The first-order valence-electron chi connectivity index (χ1n) is 12.7. The van der Waals surface area contributed by atoms with Gasteiger partial charge in [-0.3, -0.25) is 9.48 Å². The Bertz CT molecular complexity index is 1420. The first-order chi connectivity index (χ1) is 18.1. The van der Waals surface area contributed by atoms with Gasteiger partial charge in [0.05, 0.1) is 11.9 Å². The molecule has 206 valence electrons. The lowest BCUT2D eigenvalue weighted by Gasteiger charge is -2.27. The van der Waals surface area contributed by atoms with Crippen molar-refractivity contribution < 1.29 is 23.9 Å². The number of hydrogen-bond acceptors (Lipinski definition) is 8. The van der Waals surface area contributed by atoms with Crippen LogP contribution in [0.1, 0.15) is 64.5 Å². The molecule has 11 nitrogen and oxygen atoms in total. The smallest absolute Gasteiger partial charge is 0.421 e. The second kappa shape index (κ2) is 10.1. The molecular formula is C28H34N6O5. The second-order valence-corrected chi connectivity index (χ2v) is 11.4. The number of nitrogens with zero attached hydrogens (tertiary/aromatic N) is 6. The fraction of sp³-hybridized carbons (Fsp3) is 0.429. The SMILES string of the molecule is C[C@H](C(=O)OC(C)(C)C)N1Cc2ccc(-c3ccnc(N(C(=O)OC(C)(C)C)c4ccnn4C)c3)nc2C1=O. The standard InChI is InChI=1S/C28H34N6O5/c1-17(25(36)38-27(2,3)4)33-16-19-9-10-20(31-23(19)24(33)35)18-11-13-29-21(15-18)34(22-12-14-30-32(22)8)26(37)39-28(5,6)7/h9-15,17H,16H2,1-8H3/t17-/m1/s1. The number of carbonyl (C=O) groups excluding carboxylic acids is 3. The average Bonchev–Trinajstić information content (AvgIpc) is 3.39. The summed E-state index contributed by atoms with van der Waals surface area (Å²) in [6, 6.07) is 7.99. The van der Waals surface area contributed by atoms with Gasteiger partial charge in [0, 0.05) is 37.0 Å². The minimum absolute atomic E-state index is 0.260. The molecule has 2 amide bonds. The number of amides is 2. The van der Waals surface area contributed by atoms with Gasteiger partial charge < -0.3 is 14.4 Å². The Morgan fingerprint density at radius 1 is 1.00 bits per heavy atom. The molecule has 0 unspecified atom stereocenters. The fourth-order valence-electron chi connectivity index (χ4n) is 4.08. The summed E-state index contributed by atoms with van der Waals surface area (Å²) < 4.78 is 12.7. The minimum Gasteiger partial charge on any atom is -0.458 e. The van der Waals surface area contributed by atoms with Gasteiger partial charge in [0.1, 0.15) is 34.6 Å². The number of aryl methyl sites for hydroxylation is 1. The van der Waals surface area contributed by atoms with Crippen molar-refractivity contribution >= 4 is 29.6 Å². The van der Waals surface area contributed by atoms with Crippen molar-refractivity contribution in [1.82, 2.24) is 24.6 Å². The first-order valence-corrected chi connectivity index (χ1v) is 12.7. The van der Waals surface area contributed by atoms with Crippen LogP contribution in [-0.2, 0) is 27.9 Å². The molecule has 0 saturated carbocycles. The molecule has 4 heterocycles. The summed E-state index contributed by atoms with van der Waals surface area (Å²) in [5, 5.41) is 4.18. The highest BCUT2D eigenvalue weighted by Crippen LogP contribution is 2.31. The molecule has 11 heteroatoms. The Morgan fingerprint density at radius 2 is 1.69 bits per heavy atom. The summed E-state index contributed by atoms with van der Waals surface area (Å²) in [6.07, 6.45) is 2.53. The van der Waals surface area contributed by atoms with Gasteiger partial charge in [-0.2, -0.15) is 5.10 Å². The number of esters is 1. The molecule has 0 fully saturated rings. The molecule has 0 aliphatic carbocycles. The number of rotatable bonds is 5. The van der Waals surface area contributed by atoms with Crippen LogP contribution in [0.15, 0.2) is 42.7 Å². The maximum absolute atomic E-state index is 13.2. The van der Waals surface area contributed by atoms with E-state index in [1.165, 1.54) is 9.80 Å².